The number of aliphatic carboxylic acids is 1. The summed E-state index contributed by atoms with van der Waals surface area (Å²) in [6.45, 7) is 6.17. The average Bonchev–Trinajstić information content (AvgIpc) is 2.73. The quantitative estimate of drug-likeness (QED) is 0.647. The van der Waals surface area contributed by atoms with E-state index in [4.69, 9.17) is 27.9 Å². The van der Waals surface area contributed by atoms with Crippen molar-refractivity contribution in [1.82, 2.24) is 0 Å². The van der Waals surface area contributed by atoms with Crippen LogP contribution in [0.5, 0.6) is 0 Å². The van der Waals surface area contributed by atoms with E-state index in [0.717, 1.165) is 5.56 Å². The second-order valence-electron chi connectivity index (χ2n) is 8.23. The van der Waals surface area contributed by atoms with Crippen LogP contribution in [0.2, 0.25) is 10.0 Å². The van der Waals surface area contributed by atoms with Gasteiger partial charge >= 0.3 is 5.97 Å². The first-order valence-corrected chi connectivity index (χ1v) is 10.1. The zero-order chi connectivity index (χ0) is 21.3. The largest absolute Gasteiger partial charge is 0.481 e. The molecule has 7 heteroatoms. The zero-order valence-electron chi connectivity index (χ0n) is 16.4. The lowest BCUT2D eigenvalue weighted by Crippen LogP contribution is -2.34. The van der Waals surface area contributed by atoms with E-state index in [2.05, 4.69) is 26.1 Å². The molecule has 2 aromatic rings. The molecule has 0 bridgehead atoms. The maximum atomic E-state index is 12.7. The molecular formula is C22H23Cl2NO4. The maximum absolute atomic E-state index is 12.7. The number of anilines is 1. The topological polar surface area (TPSA) is 75.6 Å². The number of fused-ring (bicyclic) bond motifs is 1. The van der Waals surface area contributed by atoms with E-state index in [0.29, 0.717) is 21.3 Å². The van der Waals surface area contributed by atoms with Crippen molar-refractivity contribution in [3.05, 3.63) is 63.6 Å². The van der Waals surface area contributed by atoms with Crippen molar-refractivity contribution in [3.63, 3.8) is 0 Å². The van der Waals surface area contributed by atoms with Crippen molar-refractivity contribution in [2.75, 3.05) is 5.32 Å². The molecule has 1 unspecified atom stereocenters. The monoisotopic (exact) mass is 435 g/mol. The van der Waals surface area contributed by atoms with Gasteiger partial charge in [0.25, 0.3) is 5.91 Å². The average molecular weight is 436 g/mol. The third-order valence-electron chi connectivity index (χ3n) is 5.02. The summed E-state index contributed by atoms with van der Waals surface area (Å²) in [5, 5.41) is 13.1. The molecule has 1 aliphatic heterocycles. The van der Waals surface area contributed by atoms with E-state index in [1.165, 1.54) is 0 Å². The van der Waals surface area contributed by atoms with Gasteiger partial charge in [0, 0.05) is 27.2 Å². The highest BCUT2D eigenvalue weighted by molar-refractivity contribution is 6.31. The number of halogens is 2. The molecule has 0 spiro atoms. The number of carboxylic acid groups (broad SMARTS) is 1. The first kappa shape index (κ1) is 21.6. The number of nitrogens with one attached hydrogen (secondary N) is 1. The standard InChI is InChI=1S/C22H23Cl2NO4/c1-22(2,3)19(13-6-4-5-7-15(13)24)20-14-10-12(23)8-9-16(14)25-21(28)17(29-20)11-18(26)27/h4-10,17,19-20H,11H2,1-3H3,(H,25,28)(H,26,27)/t17-,19?,20+/m0/s1. The number of amides is 1. The highest BCUT2D eigenvalue weighted by atomic mass is 35.5. The summed E-state index contributed by atoms with van der Waals surface area (Å²) >= 11 is 12.8. The smallest absolute Gasteiger partial charge is 0.306 e. The molecule has 0 aliphatic carbocycles. The van der Waals surface area contributed by atoms with E-state index in [-0.39, 0.29) is 11.3 Å². The summed E-state index contributed by atoms with van der Waals surface area (Å²) in [6.07, 6.45) is -2.22. The van der Waals surface area contributed by atoms with Gasteiger partial charge in [0.15, 0.2) is 0 Å². The van der Waals surface area contributed by atoms with Crippen LogP contribution in [-0.2, 0) is 14.3 Å². The van der Waals surface area contributed by atoms with Gasteiger partial charge in [-0.2, -0.15) is 0 Å². The van der Waals surface area contributed by atoms with Gasteiger partial charge < -0.3 is 15.2 Å². The van der Waals surface area contributed by atoms with Gasteiger partial charge in [-0.3, -0.25) is 9.59 Å². The molecule has 1 heterocycles. The van der Waals surface area contributed by atoms with Crippen LogP contribution < -0.4 is 5.32 Å². The van der Waals surface area contributed by atoms with Crippen molar-refractivity contribution < 1.29 is 19.4 Å². The van der Waals surface area contributed by atoms with E-state index in [1.54, 1.807) is 18.2 Å². The molecule has 0 radical (unpaired) electrons. The Labute approximate surface area is 180 Å². The lowest BCUT2D eigenvalue weighted by Gasteiger charge is -2.38. The molecule has 1 aliphatic rings. The minimum Gasteiger partial charge on any atom is -0.481 e. The summed E-state index contributed by atoms with van der Waals surface area (Å²) in [7, 11) is 0. The molecule has 0 fully saturated rings. The number of carbonyl (C=O) groups excluding carboxylic acids is 1. The first-order chi connectivity index (χ1) is 13.6. The van der Waals surface area contributed by atoms with Gasteiger partial charge in [0.1, 0.15) is 6.10 Å². The van der Waals surface area contributed by atoms with Crippen molar-refractivity contribution in [2.45, 2.75) is 45.3 Å². The van der Waals surface area contributed by atoms with Gasteiger partial charge in [-0.1, -0.05) is 62.2 Å². The molecule has 29 heavy (non-hydrogen) atoms. The number of benzene rings is 2. The van der Waals surface area contributed by atoms with E-state index >= 15 is 0 Å². The number of carboxylic acids is 1. The lowest BCUT2D eigenvalue weighted by molar-refractivity contribution is -0.148. The van der Waals surface area contributed by atoms with Gasteiger partial charge in [-0.05, 0) is 35.2 Å². The molecule has 2 aromatic carbocycles. The molecule has 3 rings (SSSR count). The molecule has 0 aromatic heterocycles. The van der Waals surface area contributed by atoms with E-state index in [1.807, 2.05) is 24.3 Å². The van der Waals surface area contributed by atoms with Crippen LogP contribution in [0, 0.1) is 5.41 Å². The minimum atomic E-state index is -1.14. The molecule has 154 valence electrons. The lowest BCUT2D eigenvalue weighted by atomic mass is 9.71. The predicted molar refractivity (Wildman–Crippen MR) is 114 cm³/mol. The zero-order valence-corrected chi connectivity index (χ0v) is 17.9. The second kappa shape index (κ2) is 8.34. The van der Waals surface area contributed by atoms with E-state index in [9.17, 15) is 14.7 Å². The molecule has 0 saturated heterocycles. The highest BCUT2D eigenvalue weighted by Gasteiger charge is 2.42. The Hall–Kier alpha value is -2.08. The van der Waals surface area contributed by atoms with Crippen LogP contribution in [0.25, 0.3) is 0 Å². The Morgan fingerprint density at radius 2 is 1.90 bits per heavy atom. The number of rotatable bonds is 4. The molecule has 2 N–H and O–H groups in total. The molecule has 1 amide bonds. The number of hydrogen-bond acceptors (Lipinski definition) is 3. The van der Waals surface area contributed by atoms with E-state index < -0.39 is 30.5 Å². The molecule has 0 saturated carbocycles. The van der Waals surface area contributed by atoms with Crippen molar-refractivity contribution in [2.24, 2.45) is 5.41 Å². The summed E-state index contributed by atoms with van der Waals surface area (Å²) in [5.74, 6) is -1.87. The second-order valence-corrected chi connectivity index (χ2v) is 9.07. The third-order valence-corrected chi connectivity index (χ3v) is 5.60. The molecule has 3 atom stereocenters. The highest BCUT2D eigenvalue weighted by Crippen LogP contribution is 2.51. The Balaban J connectivity index is 2.20. The van der Waals surface area contributed by atoms with Gasteiger partial charge in [0.2, 0.25) is 0 Å². The maximum Gasteiger partial charge on any atom is 0.306 e. The molecular weight excluding hydrogens is 413 g/mol. The van der Waals surface area contributed by atoms with Crippen LogP contribution in [0.3, 0.4) is 0 Å². The molecule has 5 nitrogen and oxygen atoms in total. The first-order valence-electron chi connectivity index (χ1n) is 9.30. The van der Waals surface area contributed by atoms with Crippen molar-refractivity contribution in [1.29, 1.82) is 0 Å². The van der Waals surface area contributed by atoms with Crippen LogP contribution in [-0.4, -0.2) is 23.1 Å². The Morgan fingerprint density at radius 3 is 2.52 bits per heavy atom. The minimum absolute atomic E-state index is 0.266. The Kier molecular flexibility index (Phi) is 6.22. The normalized spacial score (nSPS) is 20.4. The van der Waals surface area contributed by atoms with Gasteiger partial charge in [-0.25, -0.2) is 0 Å². The number of hydrogen-bond donors (Lipinski definition) is 2. The summed E-state index contributed by atoms with van der Waals surface area (Å²) in [4.78, 5) is 24.0. The predicted octanol–water partition coefficient (Wildman–Crippen LogP) is 5.68. The summed E-state index contributed by atoms with van der Waals surface area (Å²) in [6, 6.07) is 12.6. The van der Waals surface area contributed by atoms with Crippen LogP contribution in [0.15, 0.2) is 42.5 Å². The van der Waals surface area contributed by atoms with Crippen molar-refractivity contribution in [3.8, 4) is 0 Å². The number of ether oxygens (including phenoxy) is 1. The fraction of sp³-hybridized carbons (Fsp3) is 0.364. The Morgan fingerprint density at radius 1 is 1.21 bits per heavy atom. The van der Waals surface area contributed by atoms with Crippen LogP contribution in [0.1, 0.15) is 50.3 Å². The third kappa shape index (κ3) is 4.74. The van der Waals surface area contributed by atoms with Crippen molar-refractivity contribution >= 4 is 40.8 Å². The summed E-state index contributed by atoms with van der Waals surface area (Å²) in [5.41, 5.74) is 1.79. The Bertz CT molecular complexity index is 939. The van der Waals surface area contributed by atoms with Gasteiger partial charge in [0.05, 0.1) is 12.5 Å². The van der Waals surface area contributed by atoms with Gasteiger partial charge in [-0.15, -0.1) is 0 Å². The van der Waals surface area contributed by atoms with Crippen LogP contribution >= 0.6 is 23.2 Å². The van der Waals surface area contributed by atoms with Crippen LogP contribution in [0.4, 0.5) is 5.69 Å². The SMILES string of the molecule is CC(C)(C)C(c1ccccc1Cl)[C@@H]1O[C@@H](CC(=O)O)C(=O)Nc2ccc(Cl)cc21. The summed E-state index contributed by atoms with van der Waals surface area (Å²) < 4.78 is 6.20. The fourth-order valence-corrected chi connectivity index (χ4v) is 4.21. The fourth-order valence-electron chi connectivity index (χ4n) is 3.78. The number of carbonyl (C=O) groups is 2.